The lowest BCUT2D eigenvalue weighted by molar-refractivity contribution is -0.129. The number of likely N-dealkylation sites (tertiary alicyclic amines) is 1. The number of carbonyl (C=O) groups excluding carboxylic acids is 2. The zero-order chi connectivity index (χ0) is 21.1. The number of methoxy groups -OCH3 is 1. The third kappa shape index (κ3) is 4.27. The van der Waals surface area contributed by atoms with Crippen LogP contribution in [0.4, 0.5) is 0 Å². The molecule has 0 saturated carbocycles. The normalized spacial score (nSPS) is 23.5. The summed E-state index contributed by atoms with van der Waals surface area (Å²) in [7, 11) is 3.35. The smallest absolute Gasteiger partial charge is 0.254 e. The number of aryl methyl sites for hydroxylation is 1. The third-order valence-electron chi connectivity index (χ3n) is 6.00. The standard InChI is InChI=1S/C22H27N3O5/c1-25-12-11-22(10-9-21(25)27)14-17(16-5-3-4-6-18(16)29-22)23-19(26)8-7-15-13-20(28-2)24-30-15/h3-6,13,17H,7-12,14H2,1-2H3,(H,23,26)/t17-,22+/m0/s1. The average Bonchev–Trinajstić information content (AvgIpc) is 3.18. The molecule has 3 heterocycles. The van der Waals surface area contributed by atoms with E-state index in [2.05, 4.69) is 10.5 Å². The van der Waals surface area contributed by atoms with Crippen LogP contribution in [0.1, 0.15) is 49.5 Å². The van der Waals surface area contributed by atoms with Crippen LogP contribution < -0.4 is 14.8 Å². The van der Waals surface area contributed by atoms with Crippen molar-refractivity contribution in [3.8, 4) is 11.6 Å². The van der Waals surface area contributed by atoms with E-state index in [1.807, 2.05) is 31.3 Å². The third-order valence-corrected chi connectivity index (χ3v) is 6.00. The predicted octanol–water partition coefficient (Wildman–Crippen LogP) is 2.64. The molecule has 160 valence electrons. The van der Waals surface area contributed by atoms with Crippen molar-refractivity contribution >= 4 is 11.8 Å². The molecule has 0 radical (unpaired) electrons. The molecule has 1 saturated heterocycles. The van der Waals surface area contributed by atoms with Gasteiger partial charge in [0.05, 0.1) is 13.2 Å². The SMILES string of the molecule is COc1cc(CCC(=O)N[C@H]2C[C@]3(CCC(=O)N(C)CC3)Oc3ccccc32)on1. The minimum absolute atomic E-state index is 0.0657. The Morgan fingerprint density at radius 1 is 1.37 bits per heavy atom. The lowest BCUT2D eigenvalue weighted by atomic mass is 9.82. The van der Waals surface area contributed by atoms with E-state index in [4.69, 9.17) is 14.0 Å². The minimum atomic E-state index is -0.453. The van der Waals surface area contributed by atoms with Gasteiger partial charge in [-0.3, -0.25) is 9.59 Å². The maximum absolute atomic E-state index is 12.7. The molecular weight excluding hydrogens is 386 g/mol. The minimum Gasteiger partial charge on any atom is -0.487 e. The molecule has 30 heavy (non-hydrogen) atoms. The molecule has 1 spiro atoms. The van der Waals surface area contributed by atoms with Crippen molar-refractivity contribution in [3.05, 3.63) is 41.7 Å². The fraction of sp³-hybridized carbons (Fsp3) is 0.500. The van der Waals surface area contributed by atoms with Crippen LogP contribution in [0.15, 0.2) is 34.9 Å². The molecule has 2 aromatic rings. The Balaban J connectivity index is 1.47. The fourth-order valence-electron chi connectivity index (χ4n) is 4.21. The summed E-state index contributed by atoms with van der Waals surface area (Å²) in [6.45, 7) is 0.648. The number of nitrogens with zero attached hydrogens (tertiary/aromatic N) is 2. The Morgan fingerprint density at radius 2 is 2.20 bits per heavy atom. The summed E-state index contributed by atoms with van der Waals surface area (Å²) in [6, 6.07) is 9.33. The highest BCUT2D eigenvalue weighted by Gasteiger charge is 2.43. The summed E-state index contributed by atoms with van der Waals surface area (Å²) < 4.78 is 16.6. The van der Waals surface area contributed by atoms with E-state index < -0.39 is 5.60 Å². The zero-order valence-corrected chi connectivity index (χ0v) is 17.3. The van der Waals surface area contributed by atoms with E-state index in [0.717, 1.165) is 17.7 Å². The van der Waals surface area contributed by atoms with Gasteiger partial charge in [0.2, 0.25) is 11.8 Å². The second-order valence-corrected chi connectivity index (χ2v) is 8.05. The van der Waals surface area contributed by atoms with Crippen molar-refractivity contribution in [2.75, 3.05) is 20.7 Å². The highest BCUT2D eigenvalue weighted by atomic mass is 16.5. The Kier molecular flexibility index (Phi) is 5.65. The number of aromatic nitrogens is 1. The number of hydrogen-bond donors (Lipinski definition) is 1. The van der Waals surface area contributed by atoms with Gasteiger partial charge in [0.25, 0.3) is 5.88 Å². The number of rotatable bonds is 5. The molecule has 4 rings (SSSR count). The molecule has 2 amide bonds. The fourth-order valence-corrected chi connectivity index (χ4v) is 4.21. The number of benzene rings is 1. The molecule has 1 aromatic heterocycles. The van der Waals surface area contributed by atoms with Gasteiger partial charge in [-0.05, 0) is 17.6 Å². The van der Waals surface area contributed by atoms with Crippen molar-refractivity contribution in [3.63, 3.8) is 0 Å². The molecule has 1 N–H and O–H groups in total. The monoisotopic (exact) mass is 413 g/mol. The van der Waals surface area contributed by atoms with Crippen molar-refractivity contribution in [1.29, 1.82) is 0 Å². The van der Waals surface area contributed by atoms with Crippen molar-refractivity contribution < 1.29 is 23.6 Å². The van der Waals surface area contributed by atoms with Crippen LogP contribution in [-0.2, 0) is 16.0 Å². The lowest BCUT2D eigenvalue weighted by Gasteiger charge is -2.42. The van der Waals surface area contributed by atoms with Gasteiger partial charge in [-0.25, -0.2) is 0 Å². The lowest BCUT2D eigenvalue weighted by Crippen LogP contribution is -2.45. The number of ether oxygens (including phenoxy) is 2. The van der Waals surface area contributed by atoms with Crippen LogP contribution in [0.3, 0.4) is 0 Å². The van der Waals surface area contributed by atoms with Crippen molar-refractivity contribution in [1.82, 2.24) is 15.4 Å². The van der Waals surface area contributed by atoms with Gasteiger partial charge in [-0.2, -0.15) is 0 Å². The Labute approximate surface area is 175 Å². The Bertz CT molecular complexity index is 927. The summed E-state index contributed by atoms with van der Waals surface area (Å²) in [5, 5.41) is 6.93. The molecule has 8 heteroatoms. The van der Waals surface area contributed by atoms with E-state index in [9.17, 15) is 9.59 Å². The molecule has 2 aliphatic heterocycles. The first kappa shape index (κ1) is 20.3. The molecule has 1 fully saturated rings. The summed E-state index contributed by atoms with van der Waals surface area (Å²) in [5.41, 5.74) is 0.520. The Hall–Kier alpha value is -3.03. The number of fused-ring (bicyclic) bond motifs is 1. The van der Waals surface area contributed by atoms with Crippen molar-refractivity contribution in [2.45, 2.75) is 50.2 Å². The molecule has 8 nitrogen and oxygen atoms in total. The van der Waals surface area contributed by atoms with Crippen LogP contribution in [-0.4, -0.2) is 48.2 Å². The van der Waals surface area contributed by atoms with Crippen LogP contribution >= 0.6 is 0 Å². The first-order chi connectivity index (χ1) is 14.5. The van der Waals surface area contributed by atoms with Gasteiger partial charge in [-0.15, -0.1) is 0 Å². The second kappa shape index (κ2) is 8.38. The summed E-state index contributed by atoms with van der Waals surface area (Å²) in [4.78, 5) is 26.6. The quantitative estimate of drug-likeness (QED) is 0.810. The van der Waals surface area contributed by atoms with Crippen LogP contribution in [0, 0.1) is 0 Å². The van der Waals surface area contributed by atoms with E-state index in [0.29, 0.717) is 43.9 Å². The van der Waals surface area contributed by atoms with E-state index in [1.54, 1.807) is 11.0 Å². The molecule has 0 bridgehead atoms. The number of carbonyl (C=O) groups is 2. The van der Waals surface area contributed by atoms with Gasteiger partial charge < -0.3 is 24.2 Å². The van der Waals surface area contributed by atoms with Crippen LogP contribution in [0.25, 0.3) is 0 Å². The maximum Gasteiger partial charge on any atom is 0.254 e. The van der Waals surface area contributed by atoms with Crippen molar-refractivity contribution in [2.24, 2.45) is 0 Å². The number of amides is 2. The molecule has 0 aliphatic carbocycles. The molecule has 2 aliphatic rings. The topological polar surface area (TPSA) is 93.9 Å². The van der Waals surface area contributed by atoms with E-state index in [1.165, 1.54) is 7.11 Å². The predicted molar refractivity (Wildman–Crippen MR) is 108 cm³/mol. The molecule has 0 unspecified atom stereocenters. The second-order valence-electron chi connectivity index (χ2n) is 8.05. The number of para-hydroxylation sites is 1. The van der Waals surface area contributed by atoms with Gasteiger partial charge >= 0.3 is 0 Å². The van der Waals surface area contributed by atoms with Gasteiger partial charge in [0, 0.05) is 57.3 Å². The Morgan fingerprint density at radius 3 is 3.00 bits per heavy atom. The van der Waals surface area contributed by atoms with Gasteiger partial charge in [-0.1, -0.05) is 18.2 Å². The van der Waals surface area contributed by atoms with Gasteiger partial charge in [0.1, 0.15) is 17.1 Å². The van der Waals surface area contributed by atoms with Gasteiger partial charge in [0.15, 0.2) is 0 Å². The molecule has 2 atom stereocenters. The summed E-state index contributed by atoms with van der Waals surface area (Å²) in [5.74, 6) is 1.86. The summed E-state index contributed by atoms with van der Waals surface area (Å²) >= 11 is 0. The highest BCUT2D eigenvalue weighted by Crippen LogP contribution is 2.44. The number of hydrogen-bond acceptors (Lipinski definition) is 6. The first-order valence-corrected chi connectivity index (χ1v) is 10.3. The number of nitrogens with one attached hydrogen (secondary N) is 1. The average molecular weight is 413 g/mol. The van der Waals surface area contributed by atoms with E-state index >= 15 is 0 Å². The van der Waals surface area contributed by atoms with Crippen LogP contribution in [0.2, 0.25) is 0 Å². The molecular formula is C22H27N3O5. The zero-order valence-electron chi connectivity index (χ0n) is 17.3. The van der Waals surface area contributed by atoms with E-state index in [-0.39, 0.29) is 24.3 Å². The van der Waals surface area contributed by atoms with Crippen LogP contribution in [0.5, 0.6) is 11.6 Å². The maximum atomic E-state index is 12.7. The highest BCUT2D eigenvalue weighted by molar-refractivity contribution is 5.77. The molecule has 1 aromatic carbocycles. The summed E-state index contributed by atoms with van der Waals surface area (Å²) in [6.07, 6.45) is 3.21. The largest absolute Gasteiger partial charge is 0.487 e. The first-order valence-electron chi connectivity index (χ1n) is 10.3.